The van der Waals surface area contributed by atoms with Crippen molar-refractivity contribution in [2.75, 3.05) is 0 Å². The molecule has 17 heavy (non-hydrogen) atoms. The highest BCUT2D eigenvalue weighted by Gasteiger charge is 2.32. The topological polar surface area (TPSA) is 72.2 Å². The predicted molar refractivity (Wildman–Crippen MR) is 62.6 cm³/mol. The number of oxazole rings is 1. The van der Waals surface area contributed by atoms with Gasteiger partial charge in [-0.3, -0.25) is 14.9 Å². The standard InChI is InChI=1S/C11H8N2O3S/c14-10-8(17-11(15)13-10)5-9-12-6-3-1-2-4-7(6)16-9/h1-4,8H,5H2,(H,13,14,15). The maximum absolute atomic E-state index is 11.4. The molecule has 3 rings (SSSR count). The van der Waals surface area contributed by atoms with E-state index in [4.69, 9.17) is 4.42 Å². The van der Waals surface area contributed by atoms with Crippen molar-refractivity contribution in [1.29, 1.82) is 0 Å². The molecule has 1 aromatic carbocycles. The normalized spacial score (nSPS) is 19.9. The van der Waals surface area contributed by atoms with Crippen LogP contribution in [0.25, 0.3) is 11.1 Å². The molecule has 0 aliphatic carbocycles. The number of rotatable bonds is 2. The number of thioether (sulfide) groups is 1. The van der Waals surface area contributed by atoms with Crippen LogP contribution in [0, 0.1) is 0 Å². The Morgan fingerprint density at radius 3 is 2.88 bits per heavy atom. The van der Waals surface area contributed by atoms with Crippen molar-refractivity contribution in [2.45, 2.75) is 11.7 Å². The van der Waals surface area contributed by atoms with E-state index in [-0.39, 0.29) is 11.1 Å². The second-order valence-corrected chi connectivity index (χ2v) is 4.84. The van der Waals surface area contributed by atoms with Crippen LogP contribution in [0.5, 0.6) is 0 Å². The van der Waals surface area contributed by atoms with Gasteiger partial charge in [-0.25, -0.2) is 4.98 Å². The first-order valence-corrected chi connectivity index (χ1v) is 5.96. The van der Waals surface area contributed by atoms with Crippen LogP contribution in [0.3, 0.4) is 0 Å². The van der Waals surface area contributed by atoms with E-state index < -0.39 is 5.25 Å². The molecule has 0 radical (unpaired) electrons. The van der Waals surface area contributed by atoms with Crippen LogP contribution < -0.4 is 5.32 Å². The van der Waals surface area contributed by atoms with Crippen molar-refractivity contribution >= 4 is 34.0 Å². The number of hydrogen-bond donors (Lipinski definition) is 1. The van der Waals surface area contributed by atoms with Gasteiger partial charge in [-0.2, -0.15) is 0 Å². The van der Waals surface area contributed by atoms with Crippen LogP contribution in [-0.2, 0) is 11.2 Å². The van der Waals surface area contributed by atoms with E-state index in [1.54, 1.807) is 0 Å². The highest BCUT2D eigenvalue weighted by atomic mass is 32.2. The zero-order chi connectivity index (χ0) is 11.8. The number of aromatic nitrogens is 1. The summed E-state index contributed by atoms with van der Waals surface area (Å²) < 4.78 is 5.50. The van der Waals surface area contributed by atoms with Gasteiger partial charge in [0.05, 0.1) is 0 Å². The summed E-state index contributed by atoms with van der Waals surface area (Å²) in [6.45, 7) is 0. The fourth-order valence-electron chi connectivity index (χ4n) is 1.69. The van der Waals surface area contributed by atoms with Gasteiger partial charge >= 0.3 is 0 Å². The van der Waals surface area contributed by atoms with E-state index >= 15 is 0 Å². The molecule has 86 valence electrons. The highest BCUT2D eigenvalue weighted by Crippen LogP contribution is 2.24. The average molecular weight is 248 g/mol. The van der Waals surface area contributed by atoms with Gasteiger partial charge < -0.3 is 4.42 Å². The Labute approximate surface area is 101 Å². The van der Waals surface area contributed by atoms with Gasteiger partial charge in [0.15, 0.2) is 11.5 Å². The lowest BCUT2D eigenvalue weighted by Gasteiger charge is -1.99. The van der Waals surface area contributed by atoms with Crippen LogP contribution in [0.4, 0.5) is 4.79 Å². The molecule has 1 aromatic heterocycles. The molecule has 1 fully saturated rings. The molecule has 1 N–H and O–H groups in total. The number of benzene rings is 1. The van der Waals surface area contributed by atoms with Crippen LogP contribution in [0.2, 0.25) is 0 Å². The lowest BCUT2D eigenvalue weighted by molar-refractivity contribution is -0.119. The van der Waals surface area contributed by atoms with Crippen molar-refractivity contribution < 1.29 is 14.0 Å². The summed E-state index contributed by atoms with van der Waals surface area (Å²) in [5.74, 6) is 0.204. The number of amides is 2. The lowest BCUT2D eigenvalue weighted by Crippen LogP contribution is -2.25. The smallest absolute Gasteiger partial charge is 0.286 e. The first-order valence-electron chi connectivity index (χ1n) is 5.08. The molecule has 2 aromatic rings. The number of fused-ring (bicyclic) bond motifs is 1. The summed E-state index contributed by atoms with van der Waals surface area (Å²) in [6, 6.07) is 7.39. The number of para-hydroxylation sites is 2. The molecule has 6 heteroatoms. The number of carbonyl (C=O) groups is 2. The molecule has 1 saturated heterocycles. The van der Waals surface area contributed by atoms with Crippen molar-refractivity contribution in [3.8, 4) is 0 Å². The Balaban J connectivity index is 1.85. The SMILES string of the molecule is O=C1NC(=O)C(Cc2nc3ccccc3o2)S1. The van der Waals surface area contributed by atoms with Gasteiger partial charge in [0, 0.05) is 6.42 Å². The van der Waals surface area contributed by atoms with Crippen molar-refractivity contribution in [3.63, 3.8) is 0 Å². The van der Waals surface area contributed by atoms with Crippen LogP contribution in [0.1, 0.15) is 5.89 Å². The zero-order valence-electron chi connectivity index (χ0n) is 8.67. The van der Waals surface area contributed by atoms with E-state index in [1.807, 2.05) is 24.3 Å². The summed E-state index contributed by atoms with van der Waals surface area (Å²) in [5.41, 5.74) is 1.45. The molecular weight excluding hydrogens is 240 g/mol. The molecule has 2 heterocycles. The molecule has 0 spiro atoms. The van der Waals surface area contributed by atoms with E-state index in [1.165, 1.54) is 0 Å². The molecule has 5 nitrogen and oxygen atoms in total. The molecule has 1 aliphatic rings. The Bertz CT molecular complexity index is 575. The molecule has 2 amide bonds. The van der Waals surface area contributed by atoms with E-state index in [2.05, 4.69) is 10.3 Å². The minimum Gasteiger partial charge on any atom is -0.441 e. The number of carbonyl (C=O) groups excluding carboxylic acids is 2. The van der Waals surface area contributed by atoms with E-state index in [0.29, 0.717) is 17.9 Å². The monoisotopic (exact) mass is 248 g/mol. The Kier molecular flexibility index (Phi) is 2.36. The third kappa shape index (κ3) is 1.91. The molecule has 0 saturated carbocycles. The Morgan fingerprint density at radius 2 is 2.18 bits per heavy atom. The average Bonchev–Trinajstić information content (AvgIpc) is 2.82. The van der Waals surface area contributed by atoms with Crippen molar-refractivity contribution in [3.05, 3.63) is 30.2 Å². The maximum atomic E-state index is 11.4. The summed E-state index contributed by atoms with van der Waals surface area (Å²) in [5, 5.41) is 1.49. The van der Waals surface area contributed by atoms with E-state index in [0.717, 1.165) is 17.3 Å². The Morgan fingerprint density at radius 1 is 1.35 bits per heavy atom. The zero-order valence-corrected chi connectivity index (χ0v) is 9.49. The minimum absolute atomic E-state index is 0.276. The Hall–Kier alpha value is -1.82. The third-order valence-electron chi connectivity index (χ3n) is 2.47. The number of nitrogens with one attached hydrogen (secondary N) is 1. The molecule has 1 aliphatic heterocycles. The van der Waals surface area contributed by atoms with Crippen LogP contribution in [0.15, 0.2) is 28.7 Å². The molecule has 1 atom stereocenters. The van der Waals surface area contributed by atoms with E-state index in [9.17, 15) is 9.59 Å². The predicted octanol–water partition coefficient (Wildman–Crippen LogP) is 1.72. The summed E-state index contributed by atoms with van der Waals surface area (Å²) >= 11 is 0.979. The van der Waals surface area contributed by atoms with Crippen molar-refractivity contribution in [1.82, 2.24) is 10.3 Å². The van der Waals surface area contributed by atoms with Crippen LogP contribution in [-0.4, -0.2) is 21.4 Å². The second kappa shape index (κ2) is 3.89. The van der Waals surface area contributed by atoms with Gasteiger partial charge in [-0.05, 0) is 12.1 Å². The molecular formula is C11H8N2O3S. The highest BCUT2D eigenvalue weighted by molar-refractivity contribution is 8.15. The maximum Gasteiger partial charge on any atom is 0.286 e. The number of nitrogens with zero attached hydrogens (tertiary/aromatic N) is 1. The van der Waals surface area contributed by atoms with Gasteiger partial charge in [-0.1, -0.05) is 23.9 Å². The van der Waals surface area contributed by atoms with Gasteiger partial charge in [0.25, 0.3) is 5.24 Å². The first kappa shape index (κ1) is 10.3. The lowest BCUT2D eigenvalue weighted by atomic mass is 10.3. The summed E-state index contributed by atoms with van der Waals surface area (Å²) in [7, 11) is 0. The number of imide groups is 1. The van der Waals surface area contributed by atoms with Gasteiger partial charge in [-0.15, -0.1) is 0 Å². The first-order chi connectivity index (χ1) is 8.22. The summed E-state index contributed by atoms with van der Waals surface area (Å²) in [6.07, 6.45) is 0.330. The molecule has 1 unspecified atom stereocenters. The summed E-state index contributed by atoms with van der Waals surface area (Å²) in [4.78, 5) is 26.7. The van der Waals surface area contributed by atoms with Gasteiger partial charge in [0.2, 0.25) is 5.91 Å². The van der Waals surface area contributed by atoms with Gasteiger partial charge in [0.1, 0.15) is 10.8 Å². The number of hydrogen-bond acceptors (Lipinski definition) is 5. The van der Waals surface area contributed by atoms with Crippen molar-refractivity contribution in [2.24, 2.45) is 0 Å². The third-order valence-corrected chi connectivity index (χ3v) is 3.45. The fraction of sp³-hybridized carbons (Fsp3) is 0.182. The fourth-order valence-corrected chi connectivity index (χ4v) is 2.50. The minimum atomic E-state index is -0.435. The quantitative estimate of drug-likeness (QED) is 0.876. The second-order valence-electron chi connectivity index (χ2n) is 3.66. The molecule has 0 bridgehead atoms. The van der Waals surface area contributed by atoms with Crippen LogP contribution >= 0.6 is 11.8 Å². The largest absolute Gasteiger partial charge is 0.441 e.